The second-order valence-electron chi connectivity index (χ2n) is 4.62. The molecule has 5 nitrogen and oxygen atoms in total. The molecule has 1 N–H and O–H groups in total. The van der Waals surface area contributed by atoms with E-state index >= 15 is 0 Å². The number of nitrogens with one attached hydrogen (secondary N) is 1. The van der Waals surface area contributed by atoms with Gasteiger partial charge in [0.2, 0.25) is 15.5 Å². The third kappa shape index (κ3) is 2.97. The number of hydrogen-bond acceptors (Lipinski definition) is 3. The van der Waals surface area contributed by atoms with Crippen molar-refractivity contribution in [3.05, 3.63) is 64.1 Å². The Morgan fingerprint density at radius 2 is 2.00 bits per heavy atom. The van der Waals surface area contributed by atoms with Gasteiger partial charge in [-0.1, -0.05) is 29.8 Å². The average molecular weight is 292 g/mol. The van der Waals surface area contributed by atoms with Crippen LogP contribution in [0.25, 0.3) is 0 Å². The summed E-state index contributed by atoms with van der Waals surface area (Å²) in [7, 11) is -2.33. The first kappa shape index (κ1) is 14.5. The van der Waals surface area contributed by atoms with Crippen molar-refractivity contribution >= 4 is 10.0 Å². The molecule has 0 spiro atoms. The van der Waals surface area contributed by atoms with Gasteiger partial charge in [0.1, 0.15) is 4.90 Å². The summed E-state index contributed by atoms with van der Waals surface area (Å²) in [6, 6.07) is 8.79. The molecule has 1 heterocycles. The molecule has 0 amide bonds. The third-order valence-corrected chi connectivity index (χ3v) is 4.79. The topological polar surface area (TPSA) is 70.2 Å². The van der Waals surface area contributed by atoms with Gasteiger partial charge < -0.3 is 4.98 Å². The van der Waals surface area contributed by atoms with Gasteiger partial charge in [-0.05, 0) is 12.5 Å². The second kappa shape index (κ2) is 5.60. The number of sulfonamides is 1. The van der Waals surface area contributed by atoms with E-state index in [0.29, 0.717) is 0 Å². The molecule has 0 unspecified atom stereocenters. The molecule has 0 radical (unpaired) electrons. The Hall–Kier alpha value is -1.92. The van der Waals surface area contributed by atoms with Crippen molar-refractivity contribution in [2.24, 2.45) is 0 Å². The maximum absolute atomic E-state index is 12.3. The van der Waals surface area contributed by atoms with Gasteiger partial charge in [0.25, 0.3) is 0 Å². The van der Waals surface area contributed by atoms with E-state index in [1.54, 1.807) is 0 Å². The highest BCUT2D eigenvalue weighted by molar-refractivity contribution is 7.89. The molecule has 0 aliphatic heterocycles. The van der Waals surface area contributed by atoms with E-state index in [4.69, 9.17) is 0 Å². The van der Waals surface area contributed by atoms with Gasteiger partial charge in [-0.25, -0.2) is 8.42 Å². The van der Waals surface area contributed by atoms with Crippen LogP contribution in [0.2, 0.25) is 0 Å². The molecule has 20 heavy (non-hydrogen) atoms. The van der Waals surface area contributed by atoms with Crippen LogP contribution in [-0.2, 0) is 16.6 Å². The van der Waals surface area contributed by atoms with Crippen molar-refractivity contribution in [3.63, 3.8) is 0 Å². The molecule has 2 aromatic rings. The van der Waals surface area contributed by atoms with Crippen LogP contribution in [-0.4, -0.2) is 24.8 Å². The molecular weight excluding hydrogens is 276 g/mol. The van der Waals surface area contributed by atoms with Crippen molar-refractivity contribution in [1.29, 1.82) is 0 Å². The molecule has 0 fully saturated rings. The largest absolute Gasteiger partial charge is 0.366 e. The molecule has 0 atom stereocenters. The van der Waals surface area contributed by atoms with Crippen molar-refractivity contribution in [2.45, 2.75) is 18.4 Å². The van der Waals surface area contributed by atoms with Gasteiger partial charge in [0.15, 0.2) is 0 Å². The van der Waals surface area contributed by atoms with Crippen LogP contribution in [0.1, 0.15) is 11.1 Å². The summed E-state index contributed by atoms with van der Waals surface area (Å²) in [5.41, 5.74) is 1.43. The number of aromatic amines is 1. The molecule has 0 saturated heterocycles. The normalized spacial score (nSPS) is 11.8. The van der Waals surface area contributed by atoms with Crippen LogP contribution in [0.3, 0.4) is 0 Å². The SMILES string of the molecule is Cc1cccc(CN(C)S(=O)(=O)c2c[nH]ccc2=O)c1. The minimum Gasteiger partial charge on any atom is -0.366 e. The quantitative estimate of drug-likeness (QED) is 0.928. The first-order valence-electron chi connectivity index (χ1n) is 6.10. The Morgan fingerprint density at radius 1 is 1.25 bits per heavy atom. The Labute approximate surface area is 117 Å². The first-order chi connectivity index (χ1) is 9.41. The fourth-order valence-corrected chi connectivity index (χ4v) is 3.12. The average Bonchev–Trinajstić information content (AvgIpc) is 2.39. The molecule has 0 saturated carbocycles. The van der Waals surface area contributed by atoms with E-state index in [9.17, 15) is 13.2 Å². The number of aromatic nitrogens is 1. The second-order valence-corrected chi connectivity index (χ2v) is 6.64. The standard InChI is InChI=1S/C14H16N2O3S/c1-11-4-3-5-12(8-11)10-16(2)20(18,19)14-9-15-7-6-13(14)17/h3-9H,10H2,1-2H3,(H,15,17). The Bertz CT molecular complexity index is 766. The lowest BCUT2D eigenvalue weighted by atomic mass is 10.1. The summed E-state index contributed by atoms with van der Waals surface area (Å²) in [5.74, 6) is 0. The maximum atomic E-state index is 12.3. The van der Waals surface area contributed by atoms with E-state index in [-0.39, 0.29) is 11.4 Å². The van der Waals surface area contributed by atoms with Crippen LogP contribution in [0.15, 0.2) is 52.4 Å². The fourth-order valence-electron chi connectivity index (χ4n) is 1.92. The number of nitrogens with zero attached hydrogens (tertiary/aromatic N) is 1. The molecule has 0 aliphatic rings. The summed E-state index contributed by atoms with van der Waals surface area (Å²) in [6.07, 6.45) is 2.62. The zero-order chi connectivity index (χ0) is 14.8. The van der Waals surface area contributed by atoms with Crippen LogP contribution >= 0.6 is 0 Å². The summed E-state index contributed by atoms with van der Waals surface area (Å²) in [4.78, 5) is 14.0. The monoisotopic (exact) mass is 292 g/mol. The lowest BCUT2D eigenvalue weighted by molar-refractivity contribution is 0.465. The van der Waals surface area contributed by atoms with Gasteiger partial charge in [0.05, 0.1) is 0 Å². The summed E-state index contributed by atoms with van der Waals surface area (Å²) in [5, 5.41) is 0. The maximum Gasteiger partial charge on any atom is 0.248 e. The molecule has 0 bridgehead atoms. The highest BCUT2D eigenvalue weighted by atomic mass is 32.2. The van der Waals surface area contributed by atoms with Crippen LogP contribution < -0.4 is 5.43 Å². The zero-order valence-corrected chi connectivity index (χ0v) is 12.1. The highest BCUT2D eigenvalue weighted by Gasteiger charge is 2.23. The number of hydrogen-bond donors (Lipinski definition) is 1. The first-order valence-corrected chi connectivity index (χ1v) is 7.54. The summed E-state index contributed by atoms with van der Waals surface area (Å²) in [6.45, 7) is 2.16. The van der Waals surface area contributed by atoms with Crippen LogP contribution in [0.4, 0.5) is 0 Å². The van der Waals surface area contributed by atoms with Crippen molar-refractivity contribution < 1.29 is 8.42 Å². The fraction of sp³-hybridized carbons (Fsp3) is 0.214. The predicted octanol–water partition coefficient (Wildman–Crippen LogP) is 1.50. The molecule has 1 aromatic carbocycles. The number of benzene rings is 1. The number of rotatable bonds is 4. The molecule has 0 aliphatic carbocycles. The lowest BCUT2D eigenvalue weighted by Crippen LogP contribution is -2.30. The zero-order valence-electron chi connectivity index (χ0n) is 11.3. The van der Waals surface area contributed by atoms with E-state index in [1.165, 1.54) is 29.8 Å². The molecular formula is C14H16N2O3S. The number of pyridine rings is 1. The van der Waals surface area contributed by atoms with E-state index in [1.807, 2.05) is 31.2 Å². The van der Waals surface area contributed by atoms with E-state index in [0.717, 1.165) is 11.1 Å². The van der Waals surface area contributed by atoms with E-state index < -0.39 is 15.5 Å². The Balaban J connectivity index is 2.31. The predicted molar refractivity (Wildman–Crippen MR) is 76.9 cm³/mol. The molecule has 6 heteroatoms. The van der Waals surface area contributed by atoms with Crippen LogP contribution in [0, 0.1) is 6.92 Å². The summed E-state index contributed by atoms with van der Waals surface area (Å²) >= 11 is 0. The third-order valence-electron chi connectivity index (χ3n) is 2.96. The molecule has 106 valence electrons. The van der Waals surface area contributed by atoms with Gasteiger partial charge in [-0.2, -0.15) is 4.31 Å². The van der Waals surface area contributed by atoms with Gasteiger partial charge >= 0.3 is 0 Å². The van der Waals surface area contributed by atoms with Crippen molar-refractivity contribution in [1.82, 2.24) is 9.29 Å². The van der Waals surface area contributed by atoms with Gasteiger partial charge in [-0.3, -0.25) is 4.79 Å². The highest BCUT2D eigenvalue weighted by Crippen LogP contribution is 2.13. The molecule has 1 aromatic heterocycles. The van der Waals surface area contributed by atoms with Crippen LogP contribution in [0.5, 0.6) is 0 Å². The van der Waals surface area contributed by atoms with Gasteiger partial charge in [0, 0.05) is 32.1 Å². The van der Waals surface area contributed by atoms with Crippen molar-refractivity contribution in [3.8, 4) is 0 Å². The lowest BCUT2D eigenvalue weighted by Gasteiger charge is -2.17. The molecule has 2 rings (SSSR count). The Kier molecular flexibility index (Phi) is 4.06. The minimum atomic E-state index is -3.79. The number of H-pyrrole nitrogens is 1. The van der Waals surface area contributed by atoms with Gasteiger partial charge in [-0.15, -0.1) is 0 Å². The number of aryl methyl sites for hydroxylation is 1. The summed E-state index contributed by atoms with van der Waals surface area (Å²) < 4.78 is 25.9. The Morgan fingerprint density at radius 3 is 2.65 bits per heavy atom. The minimum absolute atomic E-state index is 0.221. The smallest absolute Gasteiger partial charge is 0.248 e. The van der Waals surface area contributed by atoms with E-state index in [2.05, 4.69) is 4.98 Å². The van der Waals surface area contributed by atoms with Crippen molar-refractivity contribution in [2.75, 3.05) is 7.05 Å².